The van der Waals surface area contributed by atoms with Crippen LogP contribution in [0.3, 0.4) is 0 Å². The second kappa shape index (κ2) is 3.34. The summed E-state index contributed by atoms with van der Waals surface area (Å²) in [5, 5.41) is 10.5. The summed E-state index contributed by atoms with van der Waals surface area (Å²) < 4.78 is 0. The Labute approximate surface area is 71.2 Å². The summed E-state index contributed by atoms with van der Waals surface area (Å²) in [4.78, 5) is 10.2. The quantitative estimate of drug-likeness (QED) is 0.358. The van der Waals surface area contributed by atoms with E-state index in [1.54, 1.807) is 12.2 Å². The third-order valence-electron chi connectivity index (χ3n) is 1.94. The SMILES string of the molecule is C=C(C)C1CC=CC=C1[N+](=O)[O-]. The maximum absolute atomic E-state index is 10.5. The molecule has 0 amide bonds. The normalized spacial score (nSPS) is 21.8. The van der Waals surface area contributed by atoms with Gasteiger partial charge in [-0.05, 0) is 13.3 Å². The molecule has 1 aliphatic carbocycles. The van der Waals surface area contributed by atoms with Gasteiger partial charge in [-0.15, -0.1) is 0 Å². The third kappa shape index (κ3) is 1.61. The van der Waals surface area contributed by atoms with Gasteiger partial charge in [-0.25, -0.2) is 0 Å². The average molecular weight is 165 g/mol. The van der Waals surface area contributed by atoms with E-state index in [9.17, 15) is 10.1 Å². The van der Waals surface area contributed by atoms with Crippen molar-refractivity contribution < 1.29 is 4.92 Å². The summed E-state index contributed by atoms with van der Waals surface area (Å²) in [6, 6.07) is 0. The van der Waals surface area contributed by atoms with Crippen LogP contribution in [0.15, 0.2) is 36.1 Å². The summed E-state index contributed by atoms with van der Waals surface area (Å²) in [6.45, 7) is 5.55. The second-order valence-corrected chi connectivity index (χ2v) is 2.91. The molecule has 0 saturated heterocycles. The minimum Gasteiger partial charge on any atom is -0.259 e. The van der Waals surface area contributed by atoms with Crippen molar-refractivity contribution >= 4 is 0 Å². The molecule has 0 saturated carbocycles. The van der Waals surface area contributed by atoms with Crippen LogP contribution in [0, 0.1) is 16.0 Å². The fourth-order valence-corrected chi connectivity index (χ4v) is 1.26. The Bertz CT molecular complexity index is 276. The van der Waals surface area contributed by atoms with Gasteiger partial charge in [-0.2, -0.15) is 0 Å². The van der Waals surface area contributed by atoms with Crippen LogP contribution < -0.4 is 0 Å². The zero-order valence-electron chi connectivity index (χ0n) is 6.99. The molecular weight excluding hydrogens is 154 g/mol. The summed E-state index contributed by atoms with van der Waals surface area (Å²) in [5.41, 5.74) is 1.10. The van der Waals surface area contributed by atoms with Crippen LogP contribution in [0.5, 0.6) is 0 Å². The van der Waals surface area contributed by atoms with Crippen molar-refractivity contribution in [2.45, 2.75) is 13.3 Å². The molecule has 0 aromatic carbocycles. The molecule has 3 nitrogen and oxygen atoms in total. The molecule has 64 valence electrons. The highest BCUT2D eigenvalue weighted by atomic mass is 16.6. The summed E-state index contributed by atoms with van der Waals surface area (Å²) >= 11 is 0. The molecule has 0 radical (unpaired) electrons. The standard InChI is InChI=1S/C9H11NO2/c1-7(2)8-5-3-4-6-9(8)10(11)12/h3-4,6,8H,1,5H2,2H3. The fraction of sp³-hybridized carbons (Fsp3) is 0.333. The first kappa shape index (κ1) is 8.71. The molecule has 0 spiro atoms. The van der Waals surface area contributed by atoms with Gasteiger partial charge in [0.1, 0.15) is 0 Å². The summed E-state index contributed by atoms with van der Waals surface area (Å²) in [7, 11) is 0. The van der Waals surface area contributed by atoms with E-state index in [1.165, 1.54) is 0 Å². The smallest absolute Gasteiger partial charge is 0.253 e. The molecule has 0 fully saturated rings. The molecule has 0 aliphatic heterocycles. The van der Waals surface area contributed by atoms with Crippen molar-refractivity contribution in [3.63, 3.8) is 0 Å². The van der Waals surface area contributed by atoms with Gasteiger partial charge < -0.3 is 0 Å². The van der Waals surface area contributed by atoms with Crippen LogP contribution >= 0.6 is 0 Å². The highest BCUT2D eigenvalue weighted by Crippen LogP contribution is 2.26. The van der Waals surface area contributed by atoms with Gasteiger partial charge >= 0.3 is 0 Å². The van der Waals surface area contributed by atoms with Gasteiger partial charge in [0.05, 0.1) is 10.8 Å². The van der Waals surface area contributed by atoms with Crippen molar-refractivity contribution in [1.29, 1.82) is 0 Å². The van der Waals surface area contributed by atoms with Crippen molar-refractivity contribution in [2.24, 2.45) is 5.92 Å². The molecule has 12 heavy (non-hydrogen) atoms. The first-order valence-electron chi connectivity index (χ1n) is 3.79. The van der Waals surface area contributed by atoms with E-state index in [2.05, 4.69) is 6.58 Å². The lowest BCUT2D eigenvalue weighted by Gasteiger charge is -2.13. The van der Waals surface area contributed by atoms with Gasteiger partial charge in [-0.1, -0.05) is 24.3 Å². The van der Waals surface area contributed by atoms with Gasteiger partial charge in [0.2, 0.25) is 0 Å². The molecule has 0 N–H and O–H groups in total. The third-order valence-corrected chi connectivity index (χ3v) is 1.94. The Morgan fingerprint density at radius 3 is 2.92 bits per heavy atom. The maximum atomic E-state index is 10.5. The first-order valence-corrected chi connectivity index (χ1v) is 3.79. The van der Waals surface area contributed by atoms with Crippen LogP contribution in [0.2, 0.25) is 0 Å². The number of hydrogen-bond acceptors (Lipinski definition) is 2. The number of nitro groups is 1. The maximum Gasteiger partial charge on any atom is 0.253 e. The Hall–Kier alpha value is -1.38. The van der Waals surface area contributed by atoms with Crippen molar-refractivity contribution in [2.75, 3.05) is 0 Å². The van der Waals surface area contributed by atoms with Gasteiger partial charge in [0.25, 0.3) is 5.70 Å². The lowest BCUT2D eigenvalue weighted by molar-refractivity contribution is -0.432. The van der Waals surface area contributed by atoms with E-state index >= 15 is 0 Å². The highest BCUT2D eigenvalue weighted by Gasteiger charge is 2.25. The Morgan fingerprint density at radius 2 is 2.50 bits per heavy atom. The zero-order chi connectivity index (χ0) is 9.14. The Kier molecular flexibility index (Phi) is 2.43. The van der Waals surface area contributed by atoms with E-state index < -0.39 is 0 Å². The predicted octanol–water partition coefficient (Wildman–Crippen LogP) is 2.30. The highest BCUT2D eigenvalue weighted by molar-refractivity contribution is 5.22. The molecular formula is C9H11NO2. The van der Waals surface area contributed by atoms with Crippen molar-refractivity contribution in [1.82, 2.24) is 0 Å². The van der Waals surface area contributed by atoms with E-state index in [0.717, 1.165) is 5.57 Å². The minimum absolute atomic E-state index is 0.106. The van der Waals surface area contributed by atoms with Crippen LogP contribution in [-0.2, 0) is 0 Å². The number of nitrogens with zero attached hydrogens (tertiary/aromatic N) is 1. The van der Waals surface area contributed by atoms with Crippen LogP contribution in [0.25, 0.3) is 0 Å². The molecule has 0 heterocycles. The molecule has 3 heteroatoms. The Balaban J connectivity index is 2.91. The topological polar surface area (TPSA) is 43.1 Å². The number of rotatable bonds is 2. The lowest BCUT2D eigenvalue weighted by atomic mass is 9.91. The monoisotopic (exact) mass is 165 g/mol. The molecule has 1 rings (SSSR count). The second-order valence-electron chi connectivity index (χ2n) is 2.91. The van der Waals surface area contributed by atoms with Crippen molar-refractivity contribution in [3.05, 3.63) is 46.2 Å². The van der Waals surface area contributed by atoms with E-state index in [-0.39, 0.29) is 16.5 Å². The average Bonchev–Trinajstić information content (AvgIpc) is 2.04. The van der Waals surface area contributed by atoms with E-state index in [0.29, 0.717) is 6.42 Å². The van der Waals surface area contributed by atoms with Crippen LogP contribution in [0.4, 0.5) is 0 Å². The van der Waals surface area contributed by atoms with Crippen LogP contribution in [-0.4, -0.2) is 4.92 Å². The zero-order valence-corrected chi connectivity index (χ0v) is 6.99. The molecule has 0 aromatic heterocycles. The molecule has 0 aromatic rings. The largest absolute Gasteiger partial charge is 0.259 e. The van der Waals surface area contributed by atoms with Gasteiger partial charge in [0.15, 0.2) is 0 Å². The predicted molar refractivity (Wildman–Crippen MR) is 47.1 cm³/mol. The number of hydrogen-bond donors (Lipinski definition) is 0. The van der Waals surface area contributed by atoms with Crippen LogP contribution in [0.1, 0.15) is 13.3 Å². The summed E-state index contributed by atoms with van der Waals surface area (Å²) in [6.07, 6.45) is 5.88. The van der Waals surface area contributed by atoms with E-state index in [4.69, 9.17) is 0 Å². The van der Waals surface area contributed by atoms with Crippen molar-refractivity contribution in [3.8, 4) is 0 Å². The van der Waals surface area contributed by atoms with Gasteiger partial charge in [0, 0.05) is 6.08 Å². The molecule has 1 atom stereocenters. The molecule has 1 aliphatic rings. The first-order chi connectivity index (χ1) is 5.63. The fourth-order valence-electron chi connectivity index (χ4n) is 1.26. The Morgan fingerprint density at radius 1 is 1.83 bits per heavy atom. The molecule has 1 unspecified atom stereocenters. The molecule has 0 bridgehead atoms. The summed E-state index contributed by atoms with van der Waals surface area (Å²) in [5.74, 6) is -0.106. The van der Waals surface area contributed by atoms with Gasteiger partial charge in [-0.3, -0.25) is 10.1 Å². The minimum atomic E-state index is -0.331. The van der Waals surface area contributed by atoms with E-state index in [1.807, 2.05) is 13.0 Å². The number of allylic oxidation sites excluding steroid dienone is 4. The lowest BCUT2D eigenvalue weighted by Crippen LogP contribution is -2.13.